The lowest BCUT2D eigenvalue weighted by Gasteiger charge is -2.39. The van der Waals surface area contributed by atoms with Crippen LogP contribution in [0.15, 0.2) is 48.7 Å². The second-order valence-corrected chi connectivity index (χ2v) is 7.83. The molecule has 0 saturated carbocycles. The predicted octanol–water partition coefficient (Wildman–Crippen LogP) is 3.10. The molecule has 3 heterocycles. The highest BCUT2D eigenvalue weighted by molar-refractivity contribution is 5.94. The highest BCUT2D eigenvalue weighted by Gasteiger charge is 2.49. The van der Waals surface area contributed by atoms with Gasteiger partial charge in [0, 0.05) is 32.4 Å². The first kappa shape index (κ1) is 17.8. The van der Waals surface area contributed by atoms with Crippen LogP contribution in [0, 0.1) is 5.41 Å². The maximum Gasteiger partial charge on any atom is 0.270 e. The van der Waals surface area contributed by atoms with Crippen molar-refractivity contribution in [3.63, 3.8) is 0 Å². The van der Waals surface area contributed by atoms with Crippen LogP contribution in [0.5, 0.6) is 0 Å². The third-order valence-corrected chi connectivity index (χ3v) is 6.03. The second-order valence-electron chi connectivity index (χ2n) is 7.83. The summed E-state index contributed by atoms with van der Waals surface area (Å²) in [4.78, 5) is 32.7. The number of nitrogens with zero attached hydrogens (tertiary/aromatic N) is 2. The number of H-pyrrole nitrogens is 1. The van der Waals surface area contributed by atoms with Gasteiger partial charge in [-0.2, -0.15) is 0 Å². The number of likely N-dealkylation sites (tertiary alicyclic amines) is 2. The Morgan fingerprint density at radius 3 is 2.70 bits per heavy atom. The SMILES string of the molecule is O=C(c1ccc[nH]1)N1CC[C@]2(CCCN(CCCc3ccccc3)C2=O)C1. The first-order chi connectivity index (χ1) is 13.2. The summed E-state index contributed by atoms with van der Waals surface area (Å²) < 4.78 is 0. The molecular weight excluding hydrogens is 338 g/mol. The molecule has 2 aromatic rings. The summed E-state index contributed by atoms with van der Waals surface area (Å²) in [5.41, 5.74) is 1.56. The first-order valence-electron chi connectivity index (χ1n) is 9.94. The highest BCUT2D eigenvalue weighted by Crippen LogP contribution is 2.40. The van der Waals surface area contributed by atoms with E-state index in [9.17, 15) is 9.59 Å². The Balaban J connectivity index is 1.36. The Hall–Kier alpha value is -2.56. The van der Waals surface area contributed by atoms with Crippen molar-refractivity contribution in [2.45, 2.75) is 32.1 Å². The average molecular weight is 365 g/mol. The summed E-state index contributed by atoms with van der Waals surface area (Å²) >= 11 is 0. The molecule has 2 aliphatic rings. The smallest absolute Gasteiger partial charge is 0.270 e. The van der Waals surface area contributed by atoms with E-state index in [-0.39, 0.29) is 17.2 Å². The van der Waals surface area contributed by atoms with Crippen LogP contribution < -0.4 is 0 Å². The lowest BCUT2D eigenvalue weighted by atomic mass is 9.78. The van der Waals surface area contributed by atoms with Crippen molar-refractivity contribution in [1.82, 2.24) is 14.8 Å². The molecule has 2 saturated heterocycles. The van der Waals surface area contributed by atoms with E-state index in [1.807, 2.05) is 21.9 Å². The van der Waals surface area contributed by atoms with Gasteiger partial charge in [-0.15, -0.1) is 0 Å². The standard InChI is InChI=1S/C22H27N3O2/c26-20(19-10-4-13-23-19)25-16-12-22(17-25)11-6-15-24(21(22)27)14-5-9-18-7-2-1-3-8-18/h1-4,7-8,10,13,23H,5-6,9,11-12,14-17H2/t22-/m1/s1. The van der Waals surface area contributed by atoms with E-state index < -0.39 is 0 Å². The number of aryl methyl sites for hydroxylation is 1. The second kappa shape index (κ2) is 7.59. The van der Waals surface area contributed by atoms with E-state index in [1.165, 1.54) is 5.56 Å². The van der Waals surface area contributed by atoms with Crippen molar-refractivity contribution in [3.8, 4) is 0 Å². The van der Waals surface area contributed by atoms with E-state index in [2.05, 4.69) is 29.2 Å². The van der Waals surface area contributed by atoms with Crippen molar-refractivity contribution < 1.29 is 9.59 Å². The normalized spacial score (nSPS) is 22.6. The molecule has 1 spiro atoms. The van der Waals surface area contributed by atoms with Gasteiger partial charge in [-0.3, -0.25) is 9.59 Å². The minimum atomic E-state index is -0.368. The molecule has 0 radical (unpaired) electrons. The van der Waals surface area contributed by atoms with Crippen LogP contribution in [-0.4, -0.2) is 52.8 Å². The number of aromatic nitrogens is 1. The van der Waals surface area contributed by atoms with E-state index >= 15 is 0 Å². The number of carbonyl (C=O) groups excluding carboxylic acids is 2. The summed E-state index contributed by atoms with van der Waals surface area (Å²) in [6.45, 7) is 2.88. The van der Waals surface area contributed by atoms with Crippen molar-refractivity contribution in [3.05, 3.63) is 59.9 Å². The number of amides is 2. The fraction of sp³-hybridized carbons (Fsp3) is 0.455. The zero-order valence-corrected chi connectivity index (χ0v) is 15.7. The van der Waals surface area contributed by atoms with Gasteiger partial charge in [0.15, 0.2) is 0 Å². The van der Waals surface area contributed by atoms with E-state index in [0.29, 0.717) is 18.8 Å². The highest BCUT2D eigenvalue weighted by atomic mass is 16.2. The molecule has 2 fully saturated rings. The summed E-state index contributed by atoms with van der Waals surface area (Å²) in [5, 5.41) is 0. The fourth-order valence-corrected chi connectivity index (χ4v) is 4.54. The Morgan fingerprint density at radius 2 is 1.93 bits per heavy atom. The molecule has 1 aromatic carbocycles. The monoisotopic (exact) mass is 365 g/mol. The van der Waals surface area contributed by atoms with Crippen LogP contribution in [0.1, 0.15) is 41.7 Å². The molecule has 4 rings (SSSR count). The predicted molar refractivity (Wildman–Crippen MR) is 104 cm³/mol. The molecule has 2 aliphatic heterocycles. The van der Waals surface area contributed by atoms with Crippen LogP contribution in [0.4, 0.5) is 0 Å². The number of piperidine rings is 1. The quantitative estimate of drug-likeness (QED) is 0.885. The Labute approximate surface area is 160 Å². The lowest BCUT2D eigenvalue weighted by Crippen LogP contribution is -2.50. The first-order valence-corrected chi connectivity index (χ1v) is 9.94. The van der Waals surface area contributed by atoms with E-state index in [0.717, 1.165) is 45.2 Å². The van der Waals surface area contributed by atoms with Gasteiger partial charge in [0.2, 0.25) is 5.91 Å². The molecule has 1 atom stereocenters. The maximum absolute atomic E-state index is 13.2. The van der Waals surface area contributed by atoms with Gasteiger partial charge in [-0.05, 0) is 49.8 Å². The molecule has 27 heavy (non-hydrogen) atoms. The Bertz CT molecular complexity index is 787. The number of aromatic amines is 1. The van der Waals surface area contributed by atoms with Gasteiger partial charge in [0.25, 0.3) is 5.91 Å². The molecule has 142 valence electrons. The Kier molecular flexibility index (Phi) is 5.01. The molecule has 5 nitrogen and oxygen atoms in total. The largest absolute Gasteiger partial charge is 0.357 e. The number of nitrogens with one attached hydrogen (secondary N) is 1. The maximum atomic E-state index is 13.2. The van der Waals surface area contributed by atoms with Crippen molar-refractivity contribution in [1.29, 1.82) is 0 Å². The summed E-state index contributed by atoms with van der Waals surface area (Å²) in [6, 6.07) is 14.1. The molecule has 0 bridgehead atoms. The van der Waals surface area contributed by atoms with Crippen LogP contribution in [0.2, 0.25) is 0 Å². The van der Waals surface area contributed by atoms with E-state index in [4.69, 9.17) is 0 Å². The third kappa shape index (κ3) is 3.64. The molecule has 1 aromatic heterocycles. The molecule has 0 aliphatic carbocycles. The average Bonchev–Trinajstić information content (AvgIpc) is 3.37. The number of hydrogen-bond acceptors (Lipinski definition) is 2. The van der Waals surface area contributed by atoms with Crippen molar-refractivity contribution in [2.24, 2.45) is 5.41 Å². The molecule has 2 amide bonds. The van der Waals surface area contributed by atoms with Gasteiger partial charge in [0.1, 0.15) is 5.69 Å². The van der Waals surface area contributed by atoms with Crippen LogP contribution in [0.3, 0.4) is 0 Å². The van der Waals surface area contributed by atoms with Gasteiger partial charge < -0.3 is 14.8 Å². The third-order valence-electron chi connectivity index (χ3n) is 6.03. The van der Waals surface area contributed by atoms with Gasteiger partial charge in [-0.1, -0.05) is 30.3 Å². The van der Waals surface area contributed by atoms with Gasteiger partial charge >= 0.3 is 0 Å². The van der Waals surface area contributed by atoms with Crippen molar-refractivity contribution in [2.75, 3.05) is 26.2 Å². The molecular formula is C22H27N3O2. The van der Waals surface area contributed by atoms with Gasteiger partial charge in [0.05, 0.1) is 5.41 Å². The fourth-order valence-electron chi connectivity index (χ4n) is 4.54. The topological polar surface area (TPSA) is 56.4 Å². The van der Waals surface area contributed by atoms with Crippen LogP contribution in [-0.2, 0) is 11.2 Å². The number of hydrogen-bond donors (Lipinski definition) is 1. The van der Waals surface area contributed by atoms with Gasteiger partial charge in [-0.25, -0.2) is 0 Å². The minimum absolute atomic E-state index is 0.00544. The van der Waals surface area contributed by atoms with E-state index in [1.54, 1.807) is 12.3 Å². The molecule has 1 N–H and O–H groups in total. The molecule has 5 heteroatoms. The minimum Gasteiger partial charge on any atom is -0.357 e. The zero-order valence-electron chi connectivity index (χ0n) is 15.7. The molecule has 0 unspecified atom stereocenters. The number of rotatable bonds is 5. The summed E-state index contributed by atoms with van der Waals surface area (Å²) in [7, 11) is 0. The number of carbonyl (C=O) groups is 2. The van der Waals surface area contributed by atoms with Crippen LogP contribution >= 0.6 is 0 Å². The number of benzene rings is 1. The zero-order chi connectivity index (χ0) is 18.7. The Morgan fingerprint density at radius 1 is 1.07 bits per heavy atom. The lowest BCUT2D eigenvalue weighted by molar-refractivity contribution is -0.145. The van der Waals surface area contributed by atoms with Crippen molar-refractivity contribution >= 4 is 11.8 Å². The summed E-state index contributed by atoms with van der Waals surface area (Å²) in [5.74, 6) is 0.259. The van der Waals surface area contributed by atoms with Crippen LogP contribution in [0.25, 0.3) is 0 Å². The summed E-state index contributed by atoms with van der Waals surface area (Å²) in [6.07, 6.45) is 6.45.